The van der Waals surface area contributed by atoms with E-state index in [0.717, 1.165) is 25.0 Å². The van der Waals surface area contributed by atoms with Crippen molar-refractivity contribution >= 4 is 5.97 Å². The topological polar surface area (TPSA) is 52.2 Å². The number of aliphatic carboxylic acids is 1. The Morgan fingerprint density at radius 3 is 2.19 bits per heavy atom. The van der Waals surface area contributed by atoms with Crippen LogP contribution in [0.5, 0.6) is 0 Å². The van der Waals surface area contributed by atoms with Crippen LogP contribution in [0.4, 0.5) is 13.2 Å². The van der Waals surface area contributed by atoms with Crippen LogP contribution >= 0.6 is 0 Å². The van der Waals surface area contributed by atoms with Crippen molar-refractivity contribution in [2.45, 2.75) is 43.8 Å². The average molecular weight is 300 g/mol. The van der Waals surface area contributed by atoms with Crippen molar-refractivity contribution < 1.29 is 23.1 Å². The summed E-state index contributed by atoms with van der Waals surface area (Å²) in [6, 6.07) is 3.95. The Labute approximate surface area is 121 Å². The van der Waals surface area contributed by atoms with Crippen LogP contribution in [0.2, 0.25) is 0 Å². The van der Waals surface area contributed by atoms with Gasteiger partial charge in [0, 0.05) is 11.5 Å². The summed E-state index contributed by atoms with van der Waals surface area (Å²) < 4.78 is 37.8. The molecule has 6 heteroatoms. The SMILES string of the molecule is C[C@@](C(=O)[O-])(c1ccc(C(F)(F)F)cc1)[C@H]1CCCCN1. The van der Waals surface area contributed by atoms with Gasteiger partial charge >= 0.3 is 6.18 Å². The Morgan fingerprint density at radius 1 is 1.19 bits per heavy atom. The van der Waals surface area contributed by atoms with E-state index in [1.165, 1.54) is 19.1 Å². The van der Waals surface area contributed by atoms with Gasteiger partial charge in [0.1, 0.15) is 0 Å². The number of alkyl halides is 3. The van der Waals surface area contributed by atoms with Crippen molar-refractivity contribution in [1.82, 2.24) is 5.32 Å². The predicted molar refractivity (Wildman–Crippen MR) is 69.4 cm³/mol. The van der Waals surface area contributed by atoms with Crippen LogP contribution in [0.25, 0.3) is 0 Å². The summed E-state index contributed by atoms with van der Waals surface area (Å²) in [4.78, 5) is 11.6. The minimum Gasteiger partial charge on any atom is -0.549 e. The minimum absolute atomic E-state index is 0.329. The molecule has 3 nitrogen and oxygen atoms in total. The molecule has 1 aliphatic rings. The highest BCUT2D eigenvalue weighted by Gasteiger charge is 2.39. The van der Waals surface area contributed by atoms with Crippen LogP contribution in [0, 0.1) is 0 Å². The number of nitrogens with one attached hydrogen (secondary N) is 1. The highest BCUT2D eigenvalue weighted by Crippen LogP contribution is 2.34. The molecule has 0 bridgehead atoms. The van der Waals surface area contributed by atoms with Gasteiger partial charge in [-0.15, -0.1) is 0 Å². The van der Waals surface area contributed by atoms with Crippen LogP contribution in [0.3, 0.4) is 0 Å². The zero-order valence-corrected chi connectivity index (χ0v) is 11.7. The Bertz CT molecular complexity index is 507. The van der Waals surface area contributed by atoms with Gasteiger partial charge in [-0.1, -0.05) is 18.6 Å². The molecule has 2 atom stereocenters. The van der Waals surface area contributed by atoms with Crippen molar-refractivity contribution in [1.29, 1.82) is 0 Å². The van der Waals surface area contributed by atoms with E-state index in [2.05, 4.69) is 5.32 Å². The molecule has 1 aliphatic heterocycles. The molecule has 0 aliphatic carbocycles. The summed E-state index contributed by atoms with van der Waals surface area (Å²) in [6.45, 7) is 2.21. The van der Waals surface area contributed by atoms with E-state index in [9.17, 15) is 23.1 Å². The largest absolute Gasteiger partial charge is 0.549 e. The van der Waals surface area contributed by atoms with Gasteiger partial charge in [0.15, 0.2) is 0 Å². The molecule has 1 aromatic carbocycles. The van der Waals surface area contributed by atoms with Crippen LogP contribution in [0.15, 0.2) is 24.3 Å². The molecule has 0 aromatic heterocycles. The first-order chi connectivity index (χ1) is 9.76. The number of halogens is 3. The second-order valence-electron chi connectivity index (χ2n) is 5.57. The third-order valence-electron chi connectivity index (χ3n) is 4.24. The molecule has 0 radical (unpaired) electrons. The molecule has 0 spiro atoms. The summed E-state index contributed by atoms with van der Waals surface area (Å²) in [7, 11) is 0. The number of carbonyl (C=O) groups excluding carboxylic acids is 1. The van der Waals surface area contributed by atoms with Crippen LogP contribution in [-0.2, 0) is 16.4 Å². The maximum atomic E-state index is 12.6. The number of carboxylic acids is 1. The van der Waals surface area contributed by atoms with Crippen molar-refractivity contribution in [3.05, 3.63) is 35.4 Å². The summed E-state index contributed by atoms with van der Waals surface area (Å²) in [5, 5.41) is 14.8. The first kappa shape index (κ1) is 15.8. The normalized spacial score (nSPS) is 22.6. The standard InChI is InChI=1S/C15H18F3NO2/c1-14(13(20)21,12-4-2-3-9-19-12)10-5-7-11(8-6-10)15(16,17)18/h5-8,12,19H,2-4,9H2,1H3,(H,20,21)/p-1/t12-,14-/m1/s1. The van der Waals surface area contributed by atoms with Crippen molar-refractivity contribution in [3.8, 4) is 0 Å². The Balaban J connectivity index is 2.36. The number of carbonyl (C=O) groups is 1. The van der Waals surface area contributed by atoms with E-state index in [0.29, 0.717) is 18.5 Å². The highest BCUT2D eigenvalue weighted by atomic mass is 19.4. The van der Waals surface area contributed by atoms with Gasteiger partial charge < -0.3 is 15.2 Å². The zero-order valence-electron chi connectivity index (χ0n) is 11.7. The second-order valence-corrected chi connectivity index (χ2v) is 5.57. The Hall–Kier alpha value is -1.56. The summed E-state index contributed by atoms with van der Waals surface area (Å²) in [6.07, 6.45) is -1.92. The number of hydrogen-bond donors (Lipinski definition) is 1. The molecule has 0 unspecified atom stereocenters. The summed E-state index contributed by atoms with van der Waals surface area (Å²) >= 11 is 0. The molecule has 1 saturated heterocycles. The third kappa shape index (κ3) is 3.05. The fraction of sp³-hybridized carbons (Fsp3) is 0.533. The average Bonchev–Trinajstić information content (AvgIpc) is 2.46. The van der Waals surface area contributed by atoms with E-state index in [-0.39, 0.29) is 6.04 Å². The minimum atomic E-state index is -4.43. The van der Waals surface area contributed by atoms with Crippen molar-refractivity contribution in [3.63, 3.8) is 0 Å². The number of benzene rings is 1. The molecular formula is C15H17F3NO2-. The Kier molecular flexibility index (Phi) is 4.27. The number of rotatable bonds is 3. The number of hydrogen-bond acceptors (Lipinski definition) is 3. The van der Waals surface area contributed by atoms with Gasteiger partial charge in [0.05, 0.1) is 11.5 Å². The third-order valence-corrected chi connectivity index (χ3v) is 4.24. The molecule has 0 saturated carbocycles. The molecule has 1 fully saturated rings. The summed E-state index contributed by atoms with van der Waals surface area (Å²) in [5.74, 6) is -1.28. The van der Waals surface area contributed by atoms with Gasteiger partial charge in [0.25, 0.3) is 0 Å². The molecular weight excluding hydrogens is 283 g/mol. The van der Waals surface area contributed by atoms with E-state index in [4.69, 9.17) is 0 Å². The number of carboxylic acid groups (broad SMARTS) is 1. The predicted octanol–water partition coefficient (Wildman–Crippen LogP) is 1.86. The molecule has 1 N–H and O–H groups in total. The van der Waals surface area contributed by atoms with Gasteiger partial charge in [-0.05, 0) is 44.0 Å². The smallest absolute Gasteiger partial charge is 0.416 e. The molecule has 0 amide bonds. The fourth-order valence-corrected chi connectivity index (χ4v) is 2.81. The van der Waals surface area contributed by atoms with Gasteiger partial charge in [-0.3, -0.25) is 0 Å². The van der Waals surface area contributed by atoms with E-state index >= 15 is 0 Å². The van der Waals surface area contributed by atoms with Crippen LogP contribution < -0.4 is 10.4 Å². The van der Waals surface area contributed by atoms with E-state index in [1.54, 1.807) is 0 Å². The summed E-state index contributed by atoms with van der Waals surface area (Å²) in [5.41, 5.74) is -1.80. The second kappa shape index (κ2) is 5.67. The fourth-order valence-electron chi connectivity index (χ4n) is 2.81. The van der Waals surface area contributed by atoms with E-state index < -0.39 is 23.1 Å². The first-order valence-electron chi connectivity index (χ1n) is 6.89. The molecule has 2 rings (SSSR count). The Morgan fingerprint density at radius 2 is 1.76 bits per heavy atom. The maximum absolute atomic E-state index is 12.6. The lowest BCUT2D eigenvalue weighted by Gasteiger charge is -2.41. The zero-order chi connectivity index (χ0) is 15.7. The lowest BCUT2D eigenvalue weighted by atomic mass is 9.73. The first-order valence-corrected chi connectivity index (χ1v) is 6.89. The quantitative estimate of drug-likeness (QED) is 0.927. The molecule has 1 aromatic rings. The van der Waals surface area contributed by atoms with E-state index in [1.807, 2.05) is 0 Å². The number of piperidine rings is 1. The van der Waals surface area contributed by atoms with Crippen molar-refractivity contribution in [2.75, 3.05) is 6.54 Å². The molecule has 116 valence electrons. The van der Waals surface area contributed by atoms with Gasteiger partial charge in [-0.2, -0.15) is 13.2 Å². The monoisotopic (exact) mass is 300 g/mol. The molecule has 21 heavy (non-hydrogen) atoms. The lowest BCUT2D eigenvalue weighted by Crippen LogP contribution is -2.58. The van der Waals surface area contributed by atoms with Crippen molar-refractivity contribution in [2.24, 2.45) is 0 Å². The van der Waals surface area contributed by atoms with Gasteiger partial charge in [0.2, 0.25) is 0 Å². The lowest BCUT2D eigenvalue weighted by molar-refractivity contribution is -0.314. The molecule has 1 heterocycles. The van der Waals surface area contributed by atoms with Crippen LogP contribution in [0.1, 0.15) is 37.3 Å². The maximum Gasteiger partial charge on any atom is 0.416 e. The highest BCUT2D eigenvalue weighted by molar-refractivity contribution is 5.80. The van der Waals surface area contributed by atoms with Crippen LogP contribution in [-0.4, -0.2) is 18.6 Å². The van der Waals surface area contributed by atoms with Gasteiger partial charge in [-0.25, -0.2) is 0 Å².